The lowest BCUT2D eigenvalue weighted by molar-refractivity contribution is 0.0688. The molecule has 0 spiro atoms. The quantitative estimate of drug-likeness (QED) is 0.872. The Morgan fingerprint density at radius 3 is 2.55 bits per heavy atom. The summed E-state index contributed by atoms with van der Waals surface area (Å²) in [5.74, 6) is -1.12. The first-order valence-electron chi connectivity index (χ1n) is 6.53. The largest absolute Gasteiger partial charge is 0.465 e. The fourth-order valence-electron chi connectivity index (χ4n) is 3.46. The van der Waals surface area contributed by atoms with Crippen molar-refractivity contribution in [2.24, 2.45) is 5.92 Å². The Balaban J connectivity index is 1.93. The SMILES string of the molecule is O=C(O)N1C[C@@]2(c3cc(F)cc(F)c3)C[C@H]2CC1CO. The van der Waals surface area contributed by atoms with Crippen molar-refractivity contribution in [3.8, 4) is 0 Å². The maximum atomic E-state index is 13.4. The van der Waals surface area contributed by atoms with Crippen molar-refractivity contribution in [2.75, 3.05) is 13.2 Å². The van der Waals surface area contributed by atoms with E-state index in [9.17, 15) is 23.8 Å². The lowest BCUT2D eigenvalue weighted by Crippen LogP contribution is -2.50. The number of benzene rings is 1. The number of rotatable bonds is 2. The number of hydrogen-bond acceptors (Lipinski definition) is 2. The zero-order valence-corrected chi connectivity index (χ0v) is 10.7. The van der Waals surface area contributed by atoms with Gasteiger partial charge < -0.3 is 15.1 Å². The number of nitrogens with zero attached hydrogens (tertiary/aromatic N) is 1. The lowest BCUT2D eigenvalue weighted by Gasteiger charge is -2.37. The summed E-state index contributed by atoms with van der Waals surface area (Å²) in [6, 6.07) is 2.95. The third kappa shape index (κ3) is 1.95. The minimum absolute atomic E-state index is 0.177. The Morgan fingerprint density at radius 2 is 2.00 bits per heavy atom. The highest BCUT2D eigenvalue weighted by atomic mass is 19.1. The molecule has 20 heavy (non-hydrogen) atoms. The van der Waals surface area contributed by atoms with Crippen LogP contribution in [0.3, 0.4) is 0 Å². The molecule has 2 aliphatic rings. The van der Waals surface area contributed by atoms with Crippen LogP contribution >= 0.6 is 0 Å². The Labute approximate surface area is 114 Å². The van der Waals surface area contributed by atoms with E-state index in [1.54, 1.807) is 0 Å². The normalized spacial score (nSPS) is 31.9. The van der Waals surface area contributed by atoms with Crippen LogP contribution in [0.5, 0.6) is 0 Å². The van der Waals surface area contributed by atoms with Gasteiger partial charge in [-0.3, -0.25) is 0 Å². The van der Waals surface area contributed by atoms with Gasteiger partial charge in [-0.1, -0.05) is 0 Å². The number of piperidine rings is 1. The molecule has 1 saturated heterocycles. The Kier molecular flexibility index (Phi) is 2.93. The number of aliphatic hydroxyl groups is 1. The first kappa shape index (κ1) is 13.3. The highest BCUT2D eigenvalue weighted by Crippen LogP contribution is 2.60. The summed E-state index contributed by atoms with van der Waals surface area (Å²) >= 11 is 0. The van der Waals surface area contributed by atoms with Crippen molar-refractivity contribution in [3.05, 3.63) is 35.4 Å². The monoisotopic (exact) mass is 283 g/mol. The highest BCUT2D eigenvalue weighted by molar-refractivity contribution is 5.66. The van der Waals surface area contributed by atoms with Crippen molar-refractivity contribution < 1.29 is 23.8 Å². The zero-order valence-electron chi connectivity index (χ0n) is 10.7. The van der Waals surface area contributed by atoms with Crippen LogP contribution in [0, 0.1) is 17.6 Å². The Bertz CT molecular complexity index is 545. The molecule has 1 unspecified atom stereocenters. The van der Waals surface area contributed by atoms with Gasteiger partial charge in [0.2, 0.25) is 0 Å². The summed E-state index contributed by atoms with van der Waals surface area (Å²) in [6.07, 6.45) is 0.127. The standard InChI is InChI=1S/C14H15F2NO3/c15-10-1-8(2-11(16)4-10)14-5-9(14)3-12(6-18)17(7-14)13(19)20/h1-2,4,9,12,18H,3,5-7H2,(H,19,20)/t9-,12?,14-/m1/s1. The van der Waals surface area contributed by atoms with Crippen LogP contribution in [-0.4, -0.2) is 40.4 Å². The van der Waals surface area contributed by atoms with E-state index in [1.165, 1.54) is 17.0 Å². The average molecular weight is 283 g/mol. The summed E-state index contributed by atoms with van der Waals surface area (Å²) in [5.41, 5.74) is 0.0233. The molecule has 2 N–H and O–H groups in total. The topological polar surface area (TPSA) is 60.8 Å². The molecule has 1 amide bonds. The van der Waals surface area contributed by atoms with Gasteiger partial charge in [-0.25, -0.2) is 13.6 Å². The number of halogens is 2. The van der Waals surface area contributed by atoms with Gasteiger partial charge in [0.1, 0.15) is 11.6 Å². The second-order valence-corrected chi connectivity index (χ2v) is 5.70. The molecular formula is C14H15F2NO3. The molecule has 3 rings (SSSR count). The summed E-state index contributed by atoms with van der Waals surface area (Å²) in [4.78, 5) is 12.4. The van der Waals surface area contributed by atoms with Crippen molar-refractivity contribution in [1.29, 1.82) is 0 Å². The van der Waals surface area contributed by atoms with Crippen LogP contribution in [0.25, 0.3) is 0 Å². The molecule has 0 bridgehead atoms. The highest BCUT2D eigenvalue weighted by Gasteiger charge is 2.60. The fraction of sp³-hybridized carbons (Fsp3) is 0.500. The molecule has 1 heterocycles. The van der Waals surface area contributed by atoms with E-state index in [-0.39, 0.29) is 19.1 Å². The Morgan fingerprint density at radius 1 is 1.35 bits per heavy atom. The van der Waals surface area contributed by atoms with Gasteiger partial charge in [-0.2, -0.15) is 0 Å². The van der Waals surface area contributed by atoms with Gasteiger partial charge in [-0.05, 0) is 36.5 Å². The van der Waals surface area contributed by atoms with Crippen LogP contribution in [0.4, 0.5) is 13.6 Å². The molecule has 1 aliphatic carbocycles. The third-order valence-corrected chi connectivity index (χ3v) is 4.58. The van der Waals surface area contributed by atoms with E-state index >= 15 is 0 Å². The Hall–Kier alpha value is -1.69. The van der Waals surface area contributed by atoms with Crippen LogP contribution in [0.15, 0.2) is 18.2 Å². The van der Waals surface area contributed by atoms with E-state index < -0.39 is 29.2 Å². The number of hydrogen-bond donors (Lipinski definition) is 2. The van der Waals surface area contributed by atoms with E-state index in [4.69, 9.17) is 0 Å². The summed E-state index contributed by atoms with van der Waals surface area (Å²) in [5, 5.41) is 18.5. The van der Waals surface area contributed by atoms with Crippen LogP contribution in [-0.2, 0) is 5.41 Å². The van der Waals surface area contributed by atoms with Crippen molar-refractivity contribution in [3.63, 3.8) is 0 Å². The maximum absolute atomic E-state index is 13.4. The average Bonchev–Trinajstić information content (AvgIpc) is 3.10. The summed E-state index contributed by atoms with van der Waals surface area (Å²) < 4.78 is 26.7. The number of carboxylic acid groups (broad SMARTS) is 1. The molecule has 1 aromatic carbocycles. The number of amides is 1. The van der Waals surface area contributed by atoms with Gasteiger partial charge in [0.25, 0.3) is 0 Å². The molecule has 0 radical (unpaired) electrons. The first-order valence-corrected chi connectivity index (χ1v) is 6.53. The second kappa shape index (κ2) is 4.41. The van der Waals surface area contributed by atoms with Gasteiger partial charge >= 0.3 is 6.09 Å². The lowest BCUT2D eigenvalue weighted by atomic mass is 9.86. The molecule has 1 saturated carbocycles. The predicted molar refractivity (Wildman–Crippen MR) is 66.4 cm³/mol. The van der Waals surface area contributed by atoms with E-state index in [1.807, 2.05) is 0 Å². The van der Waals surface area contributed by atoms with Crippen LogP contribution < -0.4 is 0 Å². The molecule has 1 aliphatic heterocycles. The van der Waals surface area contributed by atoms with E-state index in [0.717, 1.165) is 6.07 Å². The van der Waals surface area contributed by atoms with Gasteiger partial charge in [-0.15, -0.1) is 0 Å². The summed E-state index contributed by atoms with van der Waals surface area (Å²) in [6.45, 7) is -0.0441. The van der Waals surface area contributed by atoms with Crippen molar-refractivity contribution in [2.45, 2.75) is 24.3 Å². The smallest absolute Gasteiger partial charge is 0.407 e. The van der Waals surface area contributed by atoms with E-state index in [0.29, 0.717) is 18.4 Å². The molecule has 0 aromatic heterocycles. The number of likely N-dealkylation sites (tertiary alicyclic amines) is 1. The number of carbonyl (C=O) groups is 1. The molecule has 2 fully saturated rings. The number of aliphatic hydroxyl groups excluding tert-OH is 1. The zero-order chi connectivity index (χ0) is 14.5. The maximum Gasteiger partial charge on any atom is 0.407 e. The van der Waals surface area contributed by atoms with Gasteiger partial charge in [0, 0.05) is 18.0 Å². The second-order valence-electron chi connectivity index (χ2n) is 5.70. The van der Waals surface area contributed by atoms with Gasteiger partial charge in [0.05, 0.1) is 12.6 Å². The van der Waals surface area contributed by atoms with E-state index in [2.05, 4.69) is 0 Å². The third-order valence-electron chi connectivity index (χ3n) is 4.58. The van der Waals surface area contributed by atoms with Crippen LogP contribution in [0.1, 0.15) is 18.4 Å². The predicted octanol–water partition coefficient (Wildman–Crippen LogP) is 1.97. The molecule has 6 heteroatoms. The number of fused-ring (bicyclic) bond motifs is 1. The van der Waals surface area contributed by atoms with Crippen molar-refractivity contribution in [1.82, 2.24) is 4.90 Å². The minimum atomic E-state index is -1.11. The van der Waals surface area contributed by atoms with Crippen LogP contribution in [0.2, 0.25) is 0 Å². The molecule has 3 atom stereocenters. The molecule has 4 nitrogen and oxygen atoms in total. The summed E-state index contributed by atoms with van der Waals surface area (Å²) in [7, 11) is 0. The molecule has 108 valence electrons. The fourth-order valence-corrected chi connectivity index (χ4v) is 3.46. The van der Waals surface area contributed by atoms with Crippen molar-refractivity contribution >= 4 is 6.09 Å². The molecule has 1 aromatic rings. The molecular weight excluding hydrogens is 268 g/mol. The first-order chi connectivity index (χ1) is 9.46. The minimum Gasteiger partial charge on any atom is -0.465 e. The van der Waals surface area contributed by atoms with Gasteiger partial charge in [0.15, 0.2) is 0 Å².